The molecule has 2 rings (SSSR count). The van der Waals surface area contributed by atoms with E-state index in [0.717, 1.165) is 15.6 Å². The van der Waals surface area contributed by atoms with Crippen molar-refractivity contribution in [3.8, 4) is 0 Å². The molecule has 4 heteroatoms. The van der Waals surface area contributed by atoms with Crippen molar-refractivity contribution in [1.82, 2.24) is 5.43 Å². The zero-order valence-electron chi connectivity index (χ0n) is 7.98. The van der Waals surface area contributed by atoms with Crippen molar-refractivity contribution in [3.63, 3.8) is 0 Å². The summed E-state index contributed by atoms with van der Waals surface area (Å²) in [6, 6.07) is 9.85. The Kier molecular flexibility index (Phi) is 3.20. The van der Waals surface area contributed by atoms with Crippen LogP contribution >= 0.6 is 15.9 Å². The first-order chi connectivity index (χ1) is 7.31. The van der Waals surface area contributed by atoms with Crippen molar-refractivity contribution in [2.45, 2.75) is 6.04 Å². The molecular formula is C11H11BrN2O. The number of rotatable bonds is 3. The van der Waals surface area contributed by atoms with Gasteiger partial charge in [-0.25, -0.2) is 5.43 Å². The standard InChI is InChI=1S/C11H11BrN2O/c12-10-3-1-2-8(6-10)11(14-13)9-4-5-15-7-9/h1-7,11,14H,13H2. The lowest BCUT2D eigenvalue weighted by Crippen LogP contribution is -2.28. The average molecular weight is 267 g/mol. The van der Waals surface area contributed by atoms with Crippen molar-refractivity contribution in [3.05, 3.63) is 58.5 Å². The molecule has 15 heavy (non-hydrogen) atoms. The van der Waals surface area contributed by atoms with Crippen molar-refractivity contribution in [2.75, 3.05) is 0 Å². The van der Waals surface area contributed by atoms with Gasteiger partial charge in [-0.2, -0.15) is 0 Å². The third-order valence-electron chi connectivity index (χ3n) is 2.23. The van der Waals surface area contributed by atoms with E-state index in [9.17, 15) is 0 Å². The minimum absolute atomic E-state index is 0.0405. The second kappa shape index (κ2) is 4.61. The zero-order valence-corrected chi connectivity index (χ0v) is 9.57. The average Bonchev–Trinajstić information content (AvgIpc) is 2.72. The van der Waals surface area contributed by atoms with E-state index in [2.05, 4.69) is 21.4 Å². The van der Waals surface area contributed by atoms with Gasteiger partial charge in [0.15, 0.2) is 0 Å². The molecule has 0 saturated carbocycles. The van der Waals surface area contributed by atoms with Gasteiger partial charge in [-0.3, -0.25) is 5.84 Å². The summed E-state index contributed by atoms with van der Waals surface area (Å²) in [6.07, 6.45) is 3.32. The molecule has 0 radical (unpaired) electrons. The summed E-state index contributed by atoms with van der Waals surface area (Å²) < 4.78 is 6.07. The molecule has 0 fully saturated rings. The van der Waals surface area contributed by atoms with Crippen LogP contribution in [0.4, 0.5) is 0 Å². The zero-order chi connectivity index (χ0) is 10.7. The van der Waals surface area contributed by atoms with Crippen LogP contribution in [0.15, 0.2) is 51.7 Å². The normalized spacial score (nSPS) is 12.7. The number of hydrogen-bond acceptors (Lipinski definition) is 3. The number of nitrogens with two attached hydrogens (primary N) is 1. The van der Waals surface area contributed by atoms with Gasteiger partial charge in [-0.1, -0.05) is 28.1 Å². The minimum atomic E-state index is -0.0405. The Labute approximate surface area is 96.4 Å². The van der Waals surface area contributed by atoms with Crippen molar-refractivity contribution in [1.29, 1.82) is 0 Å². The van der Waals surface area contributed by atoms with Gasteiger partial charge in [-0.15, -0.1) is 0 Å². The SMILES string of the molecule is NNC(c1ccoc1)c1cccc(Br)c1. The second-order valence-corrected chi connectivity index (χ2v) is 4.13. The largest absolute Gasteiger partial charge is 0.472 e. The van der Waals surface area contributed by atoms with Crippen LogP contribution in [0.3, 0.4) is 0 Å². The summed E-state index contributed by atoms with van der Waals surface area (Å²) >= 11 is 3.43. The van der Waals surface area contributed by atoms with Crippen LogP contribution in [-0.2, 0) is 0 Å². The number of halogens is 1. The third-order valence-corrected chi connectivity index (χ3v) is 2.72. The Morgan fingerprint density at radius 1 is 1.27 bits per heavy atom. The molecule has 78 valence electrons. The number of hydrazine groups is 1. The van der Waals surface area contributed by atoms with Gasteiger partial charge in [0.05, 0.1) is 18.6 Å². The van der Waals surface area contributed by atoms with Gasteiger partial charge in [0, 0.05) is 10.0 Å². The van der Waals surface area contributed by atoms with Crippen LogP contribution in [0.1, 0.15) is 17.2 Å². The Balaban J connectivity index is 2.35. The summed E-state index contributed by atoms with van der Waals surface area (Å²) in [5.74, 6) is 5.54. The molecule has 0 spiro atoms. The van der Waals surface area contributed by atoms with Crippen molar-refractivity contribution < 1.29 is 4.42 Å². The van der Waals surface area contributed by atoms with Crippen LogP contribution < -0.4 is 11.3 Å². The first-order valence-electron chi connectivity index (χ1n) is 4.55. The highest BCUT2D eigenvalue weighted by molar-refractivity contribution is 9.10. The smallest absolute Gasteiger partial charge is 0.0954 e. The molecule has 0 bridgehead atoms. The Hall–Kier alpha value is -1.10. The lowest BCUT2D eigenvalue weighted by atomic mass is 10.0. The van der Waals surface area contributed by atoms with Gasteiger partial charge >= 0.3 is 0 Å². The van der Waals surface area contributed by atoms with Gasteiger partial charge in [-0.05, 0) is 23.8 Å². The van der Waals surface area contributed by atoms with Crippen LogP contribution in [0.2, 0.25) is 0 Å². The second-order valence-electron chi connectivity index (χ2n) is 3.21. The van der Waals surface area contributed by atoms with Crippen LogP contribution in [0.25, 0.3) is 0 Å². The van der Waals surface area contributed by atoms with Crippen LogP contribution in [-0.4, -0.2) is 0 Å². The molecule has 3 N–H and O–H groups in total. The maximum absolute atomic E-state index is 5.54. The highest BCUT2D eigenvalue weighted by Gasteiger charge is 2.13. The highest BCUT2D eigenvalue weighted by Crippen LogP contribution is 2.23. The van der Waals surface area contributed by atoms with E-state index in [1.807, 2.05) is 30.3 Å². The molecule has 0 amide bonds. The Morgan fingerprint density at radius 2 is 2.13 bits per heavy atom. The fourth-order valence-electron chi connectivity index (χ4n) is 1.51. The molecule has 0 saturated heterocycles. The predicted molar refractivity (Wildman–Crippen MR) is 62.0 cm³/mol. The fourth-order valence-corrected chi connectivity index (χ4v) is 1.93. The lowest BCUT2D eigenvalue weighted by molar-refractivity contribution is 0.553. The summed E-state index contributed by atoms with van der Waals surface area (Å²) in [7, 11) is 0. The van der Waals surface area contributed by atoms with E-state index in [4.69, 9.17) is 10.3 Å². The maximum atomic E-state index is 5.54. The summed E-state index contributed by atoms with van der Waals surface area (Å²) in [5, 5.41) is 0. The first kappa shape index (κ1) is 10.4. The third kappa shape index (κ3) is 2.28. The Morgan fingerprint density at radius 3 is 2.73 bits per heavy atom. The van der Waals surface area contributed by atoms with Crippen LogP contribution in [0.5, 0.6) is 0 Å². The number of nitrogens with one attached hydrogen (secondary N) is 1. The molecule has 1 aromatic heterocycles. The van der Waals surface area contributed by atoms with E-state index >= 15 is 0 Å². The Bertz CT molecular complexity index is 428. The minimum Gasteiger partial charge on any atom is -0.472 e. The molecule has 1 heterocycles. The predicted octanol–water partition coefficient (Wildman–Crippen LogP) is 2.59. The van der Waals surface area contributed by atoms with Crippen molar-refractivity contribution >= 4 is 15.9 Å². The maximum Gasteiger partial charge on any atom is 0.0954 e. The highest BCUT2D eigenvalue weighted by atomic mass is 79.9. The van der Waals surface area contributed by atoms with E-state index in [-0.39, 0.29) is 6.04 Å². The van der Waals surface area contributed by atoms with Gasteiger partial charge < -0.3 is 4.42 Å². The number of hydrogen-bond donors (Lipinski definition) is 2. The summed E-state index contributed by atoms with van der Waals surface area (Å²) in [6.45, 7) is 0. The van der Waals surface area contributed by atoms with Gasteiger partial charge in [0.2, 0.25) is 0 Å². The van der Waals surface area contributed by atoms with E-state index in [0.29, 0.717) is 0 Å². The molecule has 1 unspecified atom stereocenters. The molecule has 0 aliphatic carbocycles. The van der Waals surface area contributed by atoms with Gasteiger partial charge in [0.1, 0.15) is 0 Å². The number of benzene rings is 1. The van der Waals surface area contributed by atoms with Crippen LogP contribution in [0, 0.1) is 0 Å². The summed E-state index contributed by atoms with van der Waals surface area (Å²) in [5.41, 5.74) is 4.87. The van der Waals surface area contributed by atoms with E-state index in [1.165, 1.54) is 0 Å². The topological polar surface area (TPSA) is 51.2 Å². The molecule has 1 atom stereocenters. The first-order valence-corrected chi connectivity index (χ1v) is 5.34. The molecule has 2 aromatic rings. The fraction of sp³-hybridized carbons (Fsp3) is 0.0909. The molecule has 0 aliphatic heterocycles. The number of furan rings is 1. The molecule has 3 nitrogen and oxygen atoms in total. The van der Waals surface area contributed by atoms with E-state index < -0.39 is 0 Å². The quantitative estimate of drug-likeness (QED) is 0.663. The van der Waals surface area contributed by atoms with Crippen molar-refractivity contribution in [2.24, 2.45) is 5.84 Å². The summed E-state index contributed by atoms with van der Waals surface area (Å²) in [4.78, 5) is 0. The molecule has 1 aromatic carbocycles. The molecule has 0 aliphatic rings. The van der Waals surface area contributed by atoms with Gasteiger partial charge in [0.25, 0.3) is 0 Å². The van der Waals surface area contributed by atoms with E-state index in [1.54, 1.807) is 12.5 Å². The monoisotopic (exact) mass is 266 g/mol. The molecular weight excluding hydrogens is 256 g/mol. The lowest BCUT2D eigenvalue weighted by Gasteiger charge is -2.14.